The summed E-state index contributed by atoms with van der Waals surface area (Å²) in [5, 5.41) is 2.31. The van der Waals surface area contributed by atoms with Gasteiger partial charge in [0.2, 0.25) is 0 Å². The molecule has 61 heavy (non-hydrogen) atoms. The van der Waals surface area contributed by atoms with Crippen molar-refractivity contribution in [3.63, 3.8) is 0 Å². The molecule has 0 fully saturated rings. The first kappa shape index (κ1) is 40.8. The van der Waals surface area contributed by atoms with Crippen molar-refractivity contribution in [1.82, 2.24) is 9.55 Å². The number of pyridine rings is 1. The fourth-order valence-corrected chi connectivity index (χ4v) is 10.3. The van der Waals surface area contributed by atoms with E-state index in [9.17, 15) is 2.74 Å². The number of fused-ring (bicyclic) bond motifs is 7. The van der Waals surface area contributed by atoms with Crippen molar-refractivity contribution >= 4 is 27.7 Å². The van der Waals surface area contributed by atoms with E-state index >= 15 is 0 Å². The largest absolute Gasteiger partial charge is 2.00 e. The van der Waals surface area contributed by atoms with Crippen LogP contribution in [0.2, 0.25) is 0 Å². The fourth-order valence-electron chi connectivity index (χ4n) is 10.3. The van der Waals surface area contributed by atoms with Crippen LogP contribution in [-0.2, 0) is 60.3 Å². The molecule has 0 unspecified atom stereocenters. The molecule has 320 valence electrons. The Morgan fingerprint density at radius 3 is 2.10 bits per heavy atom. The molecule has 4 aromatic carbocycles. The number of nitrogens with zero attached hydrogens (tertiary/aromatic N) is 3. The van der Waals surface area contributed by atoms with Gasteiger partial charge >= 0.3 is 21.1 Å². The van der Waals surface area contributed by atoms with Crippen LogP contribution < -0.4 is 4.74 Å². The SMILES string of the molecule is [2H]C1([2H])c2cc(C)c(C(C)(C)C)c(C)c2C[C@]2(C)OC(c3[c-]c(Oc4[c-]c5c(cc4C)c4cc(C(C)(C)C)cc6c4n5-c4ncc(C)cc4C6(C)C)cc(C(C)(C)C)c3)=N[C@@]12C.[Pt+2]. The molecule has 5 nitrogen and oxygen atoms in total. The minimum Gasteiger partial charge on any atom is -0.511 e. The van der Waals surface area contributed by atoms with Crippen molar-refractivity contribution in [1.29, 1.82) is 0 Å². The topological polar surface area (TPSA) is 48.6 Å². The number of aryl methyl sites for hydroxylation is 3. The Morgan fingerprint density at radius 2 is 1.44 bits per heavy atom. The van der Waals surface area contributed by atoms with E-state index in [0.29, 0.717) is 34.9 Å². The third-order valence-electron chi connectivity index (χ3n) is 13.9. The molecule has 0 bridgehead atoms. The number of hydrogen-bond acceptors (Lipinski definition) is 4. The van der Waals surface area contributed by atoms with Crippen molar-refractivity contribution in [3.8, 4) is 17.3 Å². The fraction of sp³-hybridized carbons (Fsp3) is 0.455. The molecule has 3 aliphatic rings. The van der Waals surface area contributed by atoms with E-state index in [2.05, 4.69) is 163 Å². The summed E-state index contributed by atoms with van der Waals surface area (Å²) in [7, 11) is 0. The molecule has 9 rings (SSSR count). The Labute approximate surface area is 381 Å². The first-order valence-electron chi connectivity index (χ1n) is 22.7. The molecule has 0 radical (unpaired) electrons. The van der Waals surface area contributed by atoms with Crippen molar-refractivity contribution in [2.75, 3.05) is 0 Å². The summed E-state index contributed by atoms with van der Waals surface area (Å²) in [5.41, 5.74) is 12.1. The van der Waals surface area contributed by atoms with Crippen LogP contribution in [0.25, 0.3) is 27.6 Å². The number of hydrogen-bond donors (Lipinski definition) is 0. The van der Waals surface area contributed by atoms with E-state index in [1.807, 2.05) is 20.0 Å². The second-order valence-corrected chi connectivity index (χ2v) is 22.2. The average Bonchev–Trinajstić information content (AvgIpc) is 3.61. The van der Waals surface area contributed by atoms with E-state index in [0.717, 1.165) is 50.1 Å². The molecule has 0 N–H and O–H groups in total. The summed E-state index contributed by atoms with van der Waals surface area (Å²) < 4.78 is 35.8. The molecule has 6 aromatic rings. The quantitative estimate of drug-likeness (QED) is 0.166. The van der Waals surface area contributed by atoms with Gasteiger partial charge in [-0.05, 0) is 107 Å². The van der Waals surface area contributed by atoms with E-state index in [4.69, 9.17) is 19.5 Å². The predicted molar refractivity (Wildman–Crippen MR) is 248 cm³/mol. The van der Waals surface area contributed by atoms with Gasteiger partial charge in [-0.15, -0.1) is 28.6 Å². The Morgan fingerprint density at radius 1 is 0.770 bits per heavy atom. The van der Waals surface area contributed by atoms with Crippen LogP contribution in [0, 0.1) is 39.8 Å². The van der Waals surface area contributed by atoms with Gasteiger partial charge in [0, 0.05) is 49.7 Å². The maximum Gasteiger partial charge on any atom is 2.00 e. The van der Waals surface area contributed by atoms with Gasteiger partial charge in [-0.2, -0.15) is 6.07 Å². The van der Waals surface area contributed by atoms with Crippen molar-refractivity contribution in [2.24, 2.45) is 4.99 Å². The summed E-state index contributed by atoms with van der Waals surface area (Å²) in [6.45, 7) is 37.1. The second kappa shape index (κ2) is 13.6. The Balaban J connectivity index is 0.00000544. The number of ether oxygens (including phenoxy) is 2. The maximum absolute atomic E-state index is 9.80. The molecule has 0 saturated carbocycles. The average molecular weight is 995 g/mol. The summed E-state index contributed by atoms with van der Waals surface area (Å²) >= 11 is 0. The van der Waals surface area contributed by atoms with Gasteiger partial charge in [0.15, 0.2) is 0 Å². The van der Waals surface area contributed by atoms with Crippen LogP contribution in [-0.4, -0.2) is 26.6 Å². The third-order valence-corrected chi connectivity index (χ3v) is 13.9. The van der Waals surface area contributed by atoms with Gasteiger partial charge in [-0.25, -0.2) is 4.98 Å². The summed E-state index contributed by atoms with van der Waals surface area (Å²) in [6, 6.07) is 22.8. The third kappa shape index (κ3) is 6.65. The van der Waals surface area contributed by atoms with Crippen molar-refractivity contribution < 1.29 is 33.3 Å². The van der Waals surface area contributed by atoms with Crippen molar-refractivity contribution in [2.45, 2.75) is 163 Å². The van der Waals surface area contributed by atoms with Gasteiger partial charge < -0.3 is 14.0 Å². The standard InChI is InChI=1S/C55H63N3O2.Pt/c1-30-18-43-48(56-29-30)58-44-26-45(31(2)20-39(44)40-24-37(51(8,9)10)25-42(47(40)58)53(43,14)15)59-38-22-34(21-36(23-38)50(5,6)7)49-57-54(16)27-35-19-32(3)46(52(11,12)13)33(4)41(35)28-55(54,17)60-49;/h18-21,23-25,29H,27-28H2,1-17H3;/q-2;+2/t54-,55-;/m0./s1/i27D2;. The maximum atomic E-state index is 9.80. The van der Waals surface area contributed by atoms with Crippen LogP contribution >= 0.6 is 0 Å². The molecular weight excluding hydrogens is 930 g/mol. The van der Waals surface area contributed by atoms with Crippen LogP contribution in [0.1, 0.15) is 160 Å². The Hall–Kier alpha value is -4.21. The second-order valence-electron chi connectivity index (χ2n) is 22.2. The molecule has 2 aliphatic heterocycles. The Kier molecular flexibility index (Phi) is 9.13. The normalized spacial score (nSPS) is 21.8. The van der Waals surface area contributed by atoms with Gasteiger partial charge in [0.1, 0.15) is 17.3 Å². The zero-order valence-corrected chi connectivity index (χ0v) is 41.6. The van der Waals surface area contributed by atoms with Gasteiger partial charge in [-0.3, -0.25) is 4.99 Å². The molecule has 0 amide bonds. The molecule has 2 atom stereocenters. The molecule has 6 heteroatoms. The van der Waals surface area contributed by atoms with Crippen LogP contribution in [0.4, 0.5) is 0 Å². The molecule has 0 saturated heterocycles. The zero-order chi connectivity index (χ0) is 45.2. The van der Waals surface area contributed by atoms with E-state index in [-0.39, 0.29) is 42.7 Å². The minimum absolute atomic E-state index is 0. The minimum atomic E-state index is -1.80. The van der Waals surface area contributed by atoms with Gasteiger partial charge in [0.05, 0.1) is 5.54 Å². The number of aromatic nitrogens is 2. The van der Waals surface area contributed by atoms with Crippen LogP contribution in [0.5, 0.6) is 11.5 Å². The molecule has 0 spiro atoms. The van der Waals surface area contributed by atoms with Crippen LogP contribution in [0.15, 0.2) is 53.7 Å². The Bertz CT molecular complexity index is 2970. The first-order chi connectivity index (χ1) is 28.5. The molecule has 1 aliphatic carbocycles. The van der Waals surface area contributed by atoms with E-state index in [1.165, 1.54) is 33.2 Å². The van der Waals surface area contributed by atoms with Crippen LogP contribution in [0.3, 0.4) is 0 Å². The molecule has 2 aromatic heterocycles. The van der Waals surface area contributed by atoms with E-state index < -0.39 is 17.5 Å². The summed E-state index contributed by atoms with van der Waals surface area (Å²) in [4.78, 5) is 10.3. The monoisotopic (exact) mass is 994 g/mol. The van der Waals surface area contributed by atoms with Gasteiger partial charge in [-0.1, -0.05) is 124 Å². The van der Waals surface area contributed by atoms with E-state index in [1.54, 1.807) is 0 Å². The first-order valence-corrected chi connectivity index (χ1v) is 21.7. The predicted octanol–water partition coefficient (Wildman–Crippen LogP) is 13.4. The summed E-state index contributed by atoms with van der Waals surface area (Å²) in [5.74, 6) is 2.44. The molecule has 4 heterocycles. The van der Waals surface area contributed by atoms with Gasteiger partial charge in [0.25, 0.3) is 0 Å². The molecular formula is C55H63N3O2Pt. The summed E-state index contributed by atoms with van der Waals surface area (Å²) in [6.07, 6.45) is 0.696. The number of aliphatic imine (C=N–C) groups is 1. The smallest absolute Gasteiger partial charge is 0.511 e. The number of benzene rings is 4. The zero-order valence-electron chi connectivity index (χ0n) is 41.3. The van der Waals surface area contributed by atoms with Crippen molar-refractivity contribution in [3.05, 3.63) is 128 Å². The number of rotatable bonds is 3.